The molecule has 1 aliphatic carbocycles. The second-order valence-electron chi connectivity index (χ2n) is 8.19. The minimum atomic E-state index is -4.50. The van der Waals surface area contributed by atoms with Crippen molar-refractivity contribution in [1.82, 2.24) is 29.4 Å². The number of anilines is 1. The number of amides is 1. The van der Waals surface area contributed by atoms with Crippen LogP contribution in [0.15, 0.2) is 24.7 Å². The van der Waals surface area contributed by atoms with Gasteiger partial charge in [-0.2, -0.15) is 13.2 Å². The molecule has 1 aliphatic heterocycles. The molecule has 5 rings (SSSR count). The Balaban J connectivity index is 1.43. The standard InChI is InChI=1S/C21H22F3N7O/c1-2-31-18(13-5-6-15(25-9-13)21(22,23)24)29-16-17(26-11-27-19(16)31)28-14-7-8-30(10-14)20(32)12-3-4-12/h5-6,9,11-12,14H,2-4,7-8,10H2,1H3,(H,26,27,28)/t14-/m0/s1. The summed E-state index contributed by atoms with van der Waals surface area (Å²) < 4.78 is 40.4. The van der Waals surface area contributed by atoms with Crippen molar-refractivity contribution in [2.45, 2.75) is 44.9 Å². The molecule has 3 aromatic heterocycles. The number of likely N-dealkylation sites (tertiary alicyclic amines) is 1. The summed E-state index contributed by atoms with van der Waals surface area (Å²) in [7, 11) is 0. The van der Waals surface area contributed by atoms with Crippen molar-refractivity contribution < 1.29 is 18.0 Å². The SMILES string of the molecule is CCn1c(-c2ccc(C(F)(F)F)nc2)nc2c(N[C@H]3CCN(C(=O)C4CC4)C3)ncnc21. The highest BCUT2D eigenvalue weighted by Crippen LogP contribution is 2.33. The van der Waals surface area contributed by atoms with Gasteiger partial charge in [0.05, 0.1) is 0 Å². The Morgan fingerprint density at radius 1 is 1.19 bits per heavy atom. The molecule has 3 aromatic rings. The number of carbonyl (C=O) groups excluding carboxylic acids is 1. The van der Waals surface area contributed by atoms with E-state index in [-0.39, 0.29) is 17.9 Å². The van der Waals surface area contributed by atoms with Crippen molar-refractivity contribution in [2.24, 2.45) is 5.92 Å². The average molecular weight is 445 g/mol. The summed E-state index contributed by atoms with van der Waals surface area (Å²) in [6, 6.07) is 2.37. The first kappa shape index (κ1) is 20.7. The lowest BCUT2D eigenvalue weighted by Gasteiger charge is -2.17. The number of rotatable bonds is 5. The van der Waals surface area contributed by atoms with Crippen LogP contribution >= 0.6 is 0 Å². The summed E-state index contributed by atoms with van der Waals surface area (Å²) in [4.78, 5) is 31.1. The predicted molar refractivity (Wildman–Crippen MR) is 111 cm³/mol. The maximum atomic E-state index is 12.9. The van der Waals surface area contributed by atoms with Crippen LogP contribution in [0.2, 0.25) is 0 Å². The highest BCUT2D eigenvalue weighted by molar-refractivity contribution is 5.86. The van der Waals surface area contributed by atoms with Crippen molar-refractivity contribution in [2.75, 3.05) is 18.4 Å². The summed E-state index contributed by atoms with van der Waals surface area (Å²) in [6.45, 7) is 3.77. The molecule has 32 heavy (non-hydrogen) atoms. The Morgan fingerprint density at radius 2 is 2.00 bits per heavy atom. The fraction of sp³-hybridized carbons (Fsp3) is 0.476. The first-order valence-electron chi connectivity index (χ1n) is 10.7. The summed E-state index contributed by atoms with van der Waals surface area (Å²) in [5, 5.41) is 3.39. The van der Waals surface area contributed by atoms with Gasteiger partial charge in [0, 0.05) is 43.4 Å². The summed E-state index contributed by atoms with van der Waals surface area (Å²) in [6.07, 6.45) is 0.895. The maximum absolute atomic E-state index is 12.9. The van der Waals surface area contributed by atoms with Crippen LogP contribution in [-0.4, -0.2) is 54.4 Å². The van der Waals surface area contributed by atoms with E-state index in [1.807, 2.05) is 16.4 Å². The van der Waals surface area contributed by atoms with E-state index in [4.69, 9.17) is 0 Å². The van der Waals surface area contributed by atoms with Gasteiger partial charge in [-0.25, -0.2) is 15.0 Å². The van der Waals surface area contributed by atoms with Crippen molar-refractivity contribution in [3.63, 3.8) is 0 Å². The molecule has 0 radical (unpaired) electrons. The smallest absolute Gasteiger partial charge is 0.364 e. The number of alkyl halides is 3. The quantitative estimate of drug-likeness (QED) is 0.648. The van der Waals surface area contributed by atoms with Crippen LogP contribution in [0.25, 0.3) is 22.6 Å². The van der Waals surface area contributed by atoms with E-state index in [0.29, 0.717) is 48.0 Å². The van der Waals surface area contributed by atoms with Gasteiger partial charge >= 0.3 is 6.18 Å². The van der Waals surface area contributed by atoms with Crippen LogP contribution in [0, 0.1) is 5.92 Å². The van der Waals surface area contributed by atoms with Crippen LogP contribution in [0.5, 0.6) is 0 Å². The minimum absolute atomic E-state index is 0.0544. The topological polar surface area (TPSA) is 88.8 Å². The van der Waals surface area contributed by atoms with Crippen molar-refractivity contribution in [1.29, 1.82) is 0 Å². The molecule has 4 heterocycles. The van der Waals surface area contributed by atoms with E-state index in [0.717, 1.165) is 25.3 Å². The first-order valence-corrected chi connectivity index (χ1v) is 10.7. The van der Waals surface area contributed by atoms with Crippen LogP contribution < -0.4 is 5.32 Å². The molecule has 1 amide bonds. The number of fused-ring (bicyclic) bond motifs is 1. The van der Waals surface area contributed by atoms with Crippen LogP contribution in [0.4, 0.5) is 19.0 Å². The summed E-state index contributed by atoms with van der Waals surface area (Å²) in [5.41, 5.74) is 0.639. The second kappa shape index (κ2) is 7.72. The van der Waals surface area contributed by atoms with Crippen molar-refractivity contribution in [3.8, 4) is 11.4 Å². The van der Waals surface area contributed by atoms with Gasteiger partial charge in [0.2, 0.25) is 5.91 Å². The molecular formula is C21H22F3N7O. The Kier molecular flexibility index (Phi) is 4.98. The highest BCUT2D eigenvalue weighted by Gasteiger charge is 2.37. The minimum Gasteiger partial charge on any atom is -0.364 e. The molecule has 8 nitrogen and oxygen atoms in total. The van der Waals surface area contributed by atoms with Gasteiger partial charge < -0.3 is 14.8 Å². The molecule has 1 saturated heterocycles. The molecule has 0 spiro atoms. The van der Waals surface area contributed by atoms with Gasteiger partial charge in [-0.1, -0.05) is 0 Å². The van der Waals surface area contributed by atoms with Crippen LogP contribution in [-0.2, 0) is 17.5 Å². The zero-order valence-electron chi connectivity index (χ0n) is 17.4. The molecule has 2 fully saturated rings. The van der Waals surface area contributed by atoms with Gasteiger partial charge in [0.25, 0.3) is 0 Å². The fourth-order valence-corrected chi connectivity index (χ4v) is 4.12. The highest BCUT2D eigenvalue weighted by atomic mass is 19.4. The predicted octanol–water partition coefficient (Wildman–Crippen LogP) is 3.35. The number of carbonyl (C=O) groups is 1. The lowest BCUT2D eigenvalue weighted by Crippen LogP contribution is -2.32. The lowest BCUT2D eigenvalue weighted by molar-refractivity contribution is -0.141. The van der Waals surface area contributed by atoms with Crippen molar-refractivity contribution >= 4 is 22.9 Å². The van der Waals surface area contributed by atoms with E-state index in [1.54, 1.807) is 0 Å². The molecular weight excluding hydrogens is 423 g/mol. The zero-order chi connectivity index (χ0) is 22.5. The summed E-state index contributed by atoms with van der Waals surface area (Å²) >= 11 is 0. The van der Waals surface area contributed by atoms with Gasteiger partial charge in [0.1, 0.15) is 17.8 Å². The Morgan fingerprint density at radius 3 is 2.66 bits per heavy atom. The molecule has 168 valence electrons. The van der Waals surface area contributed by atoms with Gasteiger partial charge in [0.15, 0.2) is 17.0 Å². The average Bonchev–Trinajstić information content (AvgIpc) is 3.40. The summed E-state index contributed by atoms with van der Waals surface area (Å²) in [5.74, 6) is 1.45. The van der Waals surface area contributed by atoms with Crippen molar-refractivity contribution in [3.05, 3.63) is 30.4 Å². The molecule has 2 aliphatic rings. The lowest BCUT2D eigenvalue weighted by atomic mass is 10.2. The molecule has 1 N–H and O–H groups in total. The van der Waals surface area contributed by atoms with Crippen LogP contribution in [0.3, 0.4) is 0 Å². The number of nitrogens with one attached hydrogen (secondary N) is 1. The molecule has 0 unspecified atom stereocenters. The van der Waals surface area contributed by atoms with E-state index in [2.05, 4.69) is 25.3 Å². The molecule has 1 saturated carbocycles. The van der Waals surface area contributed by atoms with Crippen LogP contribution in [0.1, 0.15) is 31.9 Å². The van der Waals surface area contributed by atoms with Gasteiger partial charge in [-0.3, -0.25) is 9.78 Å². The monoisotopic (exact) mass is 445 g/mol. The van der Waals surface area contributed by atoms with Gasteiger partial charge in [-0.15, -0.1) is 0 Å². The van der Waals surface area contributed by atoms with E-state index in [1.165, 1.54) is 18.6 Å². The third kappa shape index (κ3) is 3.76. The second-order valence-corrected chi connectivity index (χ2v) is 8.19. The third-order valence-electron chi connectivity index (χ3n) is 5.93. The Labute approximate surface area is 181 Å². The number of nitrogens with zero attached hydrogens (tertiary/aromatic N) is 6. The van der Waals surface area contributed by atoms with Gasteiger partial charge in [-0.05, 0) is 38.3 Å². The molecule has 11 heteroatoms. The first-order chi connectivity index (χ1) is 15.3. The Bertz CT molecular complexity index is 1150. The number of pyridine rings is 1. The fourth-order valence-electron chi connectivity index (χ4n) is 4.12. The molecule has 0 bridgehead atoms. The number of halogens is 3. The third-order valence-corrected chi connectivity index (χ3v) is 5.93. The number of imidazole rings is 1. The Hall–Kier alpha value is -3.24. The van der Waals surface area contributed by atoms with E-state index < -0.39 is 11.9 Å². The molecule has 0 aromatic carbocycles. The largest absolute Gasteiger partial charge is 0.433 e. The number of hydrogen-bond donors (Lipinski definition) is 1. The van der Waals surface area contributed by atoms with E-state index in [9.17, 15) is 18.0 Å². The zero-order valence-corrected chi connectivity index (χ0v) is 17.4. The number of aromatic nitrogens is 5. The number of aryl methyl sites for hydroxylation is 1. The number of hydrogen-bond acceptors (Lipinski definition) is 6. The van der Waals surface area contributed by atoms with E-state index >= 15 is 0 Å². The molecule has 1 atom stereocenters. The maximum Gasteiger partial charge on any atom is 0.433 e. The normalized spacial score (nSPS) is 19.0.